The van der Waals surface area contributed by atoms with E-state index in [1.807, 2.05) is 36.4 Å². The molecule has 1 saturated heterocycles. The molecule has 0 radical (unpaired) electrons. The molecule has 26 heavy (non-hydrogen) atoms. The van der Waals surface area contributed by atoms with Crippen LogP contribution in [0.3, 0.4) is 0 Å². The van der Waals surface area contributed by atoms with E-state index in [2.05, 4.69) is 34.3 Å². The zero-order valence-corrected chi connectivity index (χ0v) is 15.6. The highest BCUT2D eigenvalue weighted by Gasteiger charge is 2.14. The Morgan fingerprint density at radius 2 is 1.77 bits per heavy atom. The number of carbonyl (C=O) groups is 1. The fraction of sp³-hybridized carbons (Fsp3) is 0.381. The summed E-state index contributed by atoms with van der Waals surface area (Å²) >= 11 is 0. The largest absolute Gasteiger partial charge is 0.497 e. The van der Waals surface area contributed by atoms with Gasteiger partial charge in [-0.1, -0.05) is 24.3 Å². The van der Waals surface area contributed by atoms with E-state index in [4.69, 9.17) is 4.74 Å². The van der Waals surface area contributed by atoms with Gasteiger partial charge in [-0.2, -0.15) is 0 Å². The van der Waals surface area contributed by atoms with Gasteiger partial charge in [0.2, 0.25) is 5.91 Å². The Kier molecular flexibility index (Phi) is 6.26. The number of benzene rings is 2. The van der Waals surface area contributed by atoms with E-state index in [-0.39, 0.29) is 5.91 Å². The maximum atomic E-state index is 12.4. The lowest BCUT2D eigenvalue weighted by Crippen LogP contribution is -2.43. The van der Waals surface area contributed by atoms with E-state index in [0.717, 1.165) is 49.7 Å². The Hall–Kier alpha value is -2.37. The highest BCUT2D eigenvalue weighted by Crippen LogP contribution is 2.16. The van der Waals surface area contributed by atoms with Crippen LogP contribution in [-0.4, -0.2) is 56.0 Å². The van der Waals surface area contributed by atoms with Crippen molar-refractivity contribution in [2.45, 2.75) is 13.0 Å². The van der Waals surface area contributed by atoms with Crippen molar-refractivity contribution in [1.82, 2.24) is 9.80 Å². The van der Waals surface area contributed by atoms with E-state index < -0.39 is 0 Å². The van der Waals surface area contributed by atoms with Crippen molar-refractivity contribution in [3.8, 4) is 5.75 Å². The number of piperazine rings is 1. The fourth-order valence-corrected chi connectivity index (χ4v) is 3.18. The van der Waals surface area contributed by atoms with E-state index in [0.29, 0.717) is 6.42 Å². The Balaban J connectivity index is 1.56. The molecule has 1 aliphatic heterocycles. The monoisotopic (exact) mass is 353 g/mol. The van der Waals surface area contributed by atoms with E-state index in [1.165, 1.54) is 5.56 Å². The number of carbonyl (C=O) groups excluding carboxylic acids is 1. The van der Waals surface area contributed by atoms with E-state index >= 15 is 0 Å². The quantitative estimate of drug-likeness (QED) is 0.867. The van der Waals surface area contributed by atoms with Crippen molar-refractivity contribution in [3.05, 3.63) is 59.7 Å². The van der Waals surface area contributed by atoms with Crippen LogP contribution in [0.25, 0.3) is 0 Å². The minimum atomic E-state index is -0.0185. The number of likely N-dealkylation sites (N-methyl/N-ethyl adjacent to an activating group) is 1. The molecule has 138 valence electrons. The predicted molar refractivity (Wildman–Crippen MR) is 105 cm³/mol. The van der Waals surface area contributed by atoms with Crippen LogP contribution < -0.4 is 10.1 Å². The van der Waals surface area contributed by atoms with Gasteiger partial charge in [0, 0.05) is 38.4 Å². The second kappa shape index (κ2) is 8.83. The third kappa shape index (κ3) is 5.31. The minimum Gasteiger partial charge on any atom is -0.497 e. The molecule has 1 heterocycles. The summed E-state index contributed by atoms with van der Waals surface area (Å²) in [5.41, 5.74) is 3.02. The second-order valence-corrected chi connectivity index (χ2v) is 6.86. The number of nitrogens with zero attached hydrogens (tertiary/aromatic N) is 2. The van der Waals surface area contributed by atoms with Gasteiger partial charge >= 0.3 is 0 Å². The third-order valence-corrected chi connectivity index (χ3v) is 4.71. The first-order chi connectivity index (χ1) is 12.6. The fourth-order valence-electron chi connectivity index (χ4n) is 3.18. The lowest BCUT2D eigenvalue weighted by molar-refractivity contribution is -0.115. The van der Waals surface area contributed by atoms with Crippen molar-refractivity contribution in [2.24, 2.45) is 0 Å². The van der Waals surface area contributed by atoms with E-state index in [1.54, 1.807) is 7.11 Å². The molecule has 1 amide bonds. The molecule has 3 rings (SSSR count). The summed E-state index contributed by atoms with van der Waals surface area (Å²) < 4.78 is 5.21. The van der Waals surface area contributed by atoms with Gasteiger partial charge in [0.05, 0.1) is 13.5 Å². The summed E-state index contributed by atoms with van der Waals surface area (Å²) in [6.07, 6.45) is 0.333. The van der Waals surface area contributed by atoms with Crippen molar-refractivity contribution < 1.29 is 9.53 Å². The number of amides is 1. The average molecular weight is 353 g/mol. The lowest BCUT2D eigenvalue weighted by Gasteiger charge is -2.32. The van der Waals surface area contributed by atoms with Crippen molar-refractivity contribution in [2.75, 3.05) is 45.7 Å². The van der Waals surface area contributed by atoms with Gasteiger partial charge in [0.1, 0.15) is 5.75 Å². The number of hydrogen-bond acceptors (Lipinski definition) is 4. The smallest absolute Gasteiger partial charge is 0.228 e. The third-order valence-electron chi connectivity index (χ3n) is 4.71. The molecule has 1 N–H and O–H groups in total. The standard InChI is InChI=1S/C21H27N3O2/c1-23-9-11-24(12-10-23)16-18-6-3-7-19(13-18)22-21(25)15-17-5-4-8-20(14-17)26-2/h3-8,13-14H,9-12,15-16H2,1-2H3,(H,22,25). The molecule has 0 aromatic heterocycles. The Morgan fingerprint density at radius 1 is 1.04 bits per heavy atom. The van der Waals surface area contributed by atoms with Gasteiger partial charge in [-0.05, 0) is 42.4 Å². The molecule has 5 nitrogen and oxygen atoms in total. The number of nitrogens with one attached hydrogen (secondary N) is 1. The van der Waals surface area contributed by atoms with Crippen LogP contribution in [0.4, 0.5) is 5.69 Å². The average Bonchev–Trinajstić information content (AvgIpc) is 2.64. The predicted octanol–water partition coefficient (Wildman–Crippen LogP) is 2.62. The first-order valence-electron chi connectivity index (χ1n) is 9.05. The summed E-state index contributed by atoms with van der Waals surface area (Å²) in [5.74, 6) is 0.750. The molecule has 0 spiro atoms. The van der Waals surface area contributed by atoms with Crippen LogP contribution in [0.2, 0.25) is 0 Å². The second-order valence-electron chi connectivity index (χ2n) is 6.86. The molecule has 0 saturated carbocycles. The van der Waals surface area contributed by atoms with Gasteiger partial charge in [-0.3, -0.25) is 9.69 Å². The lowest BCUT2D eigenvalue weighted by atomic mass is 10.1. The number of methoxy groups -OCH3 is 1. The Bertz CT molecular complexity index is 740. The molecule has 2 aromatic carbocycles. The van der Waals surface area contributed by atoms with Crippen LogP contribution in [0, 0.1) is 0 Å². The summed E-state index contributed by atoms with van der Waals surface area (Å²) in [6.45, 7) is 5.31. The molecule has 5 heteroatoms. The molecular weight excluding hydrogens is 326 g/mol. The van der Waals surface area contributed by atoms with Gasteiger partial charge in [-0.25, -0.2) is 0 Å². The number of anilines is 1. The normalized spacial score (nSPS) is 15.6. The van der Waals surface area contributed by atoms with Crippen molar-refractivity contribution in [3.63, 3.8) is 0 Å². The van der Waals surface area contributed by atoms with Crippen LogP contribution in [-0.2, 0) is 17.8 Å². The highest BCUT2D eigenvalue weighted by molar-refractivity contribution is 5.92. The summed E-state index contributed by atoms with van der Waals surface area (Å²) in [6, 6.07) is 15.7. The Labute approximate surface area is 155 Å². The van der Waals surface area contributed by atoms with Crippen LogP contribution in [0.1, 0.15) is 11.1 Å². The first kappa shape index (κ1) is 18.4. The Morgan fingerprint density at radius 3 is 2.54 bits per heavy atom. The van der Waals surface area contributed by atoms with Gasteiger partial charge < -0.3 is 15.0 Å². The van der Waals surface area contributed by atoms with Gasteiger partial charge in [0.15, 0.2) is 0 Å². The number of rotatable bonds is 6. The van der Waals surface area contributed by atoms with Crippen molar-refractivity contribution >= 4 is 11.6 Å². The zero-order chi connectivity index (χ0) is 18.4. The van der Waals surface area contributed by atoms with Crippen LogP contribution in [0.5, 0.6) is 5.75 Å². The maximum absolute atomic E-state index is 12.4. The summed E-state index contributed by atoms with van der Waals surface area (Å²) in [4.78, 5) is 17.2. The molecule has 0 bridgehead atoms. The topological polar surface area (TPSA) is 44.8 Å². The van der Waals surface area contributed by atoms with E-state index in [9.17, 15) is 4.79 Å². The molecule has 0 unspecified atom stereocenters. The molecule has 2 aromatic rings. The zero-order valence-electron chi connectivity index (χ0n) is 15.6. The minimum absolute atomic E-state index is 0.0185. The summed E-state index contributed by atoms with van der Waals surface area (Å²) in [7, 11) is 3.79. The van der Waals surface area contributed by atoms with Gasteiger partial charge in [-0.15, -0.1) is 0 Å². The SMILES string of the molecule is COc1cccc(CC(=O)Nc2cccc(CN3CCN(C)CC3)c2)c1. The molecule has 0 atom stereocenters. The van der Waals surface area contributed by atoms with Gasteiger partial charge in [0.25, 0.3) is 0 Å². The molecular formula is C21H27N3O2. The summed E-state index contributed by atoms with van der Waals surface area (Å²) in [5, 5.41) is 3.01. The first-order valence-corrected chi connectivity index (χ1v) is 9.05. The van der Waals surface area contributed by atoms with Crippen LogP contribution >= 0.6 is 0 Å². The highest BCUT2D eigenvalue weighted by atomic mass is 16.5. The molecule has 1 aliphatic rings. The van der Waals surface area contributed by atoms with Crippen molar-refractivity contribution in [1.29, 1.82) is 0 Å². The molecule has 1 fully saturated rings. The number of ether oxygens (including phenoxy) is 1. The molecule has 0 aliphatic carbocycles. The number of hydrogen-bond donors (Lipinski definition) is 1. The maximum Gasteiger partial charge on any atom is 0.228 e. The van der Waals surface area contributed by atoms with Crippen LogP contribution in [0.15, 0.2) is 48.5 Å².